The molecule has 0 aliphatic heterocycles. The third-order valence-corrected chi connectivity index (χ3v) is 2.94. The first kappa shape index (κ1) is 13.3. The molecule has 0 saturated heterocycles. The molecule has 1 atom stereocenters. The van der Waals surface area contributed by atoms with Crippen LogP contribution in [0.15, 0.2) is 18.2 Å². The molecule has 0 unspecified atom stereocenters. The molecule has 3 nitrogen and oxygen atoms in total. The predicted octanol–water partition coefficient (Wildman–Crippen LogP) is 1.95. The van der Waals surface area contributed by atoms with Gasteiger partial charge in [-0.05, 0) is 24.1 Å². The van der Waals surface area contributed by atoms with E-state index in [1.165, 1.54) is 4.90 Å². The van der Waals surface area contributed by atoms with Gasteiger partial charge in [0.15, 0.2) is 0 Å². The molecule has 0 saturated carbocycles. The van der Waals surface area contributed by atoms with Crippen LogP contribution < -0.4 is 5.73 Å². The number of nitrogens with two attached hydrogens (primary N) is 1. The number of hydrogen-bond acceptors (Lipinski definition) is 2. The summed E-state index contributed by atoms with van der Waals surface area (Å²) >= 11 is 11.7. The van der Waals surface area contributed by atoms with E-state index in [1.807, 2.05) is 6.07 Å². The Morgan fingerprint density at radius 3 is 2.50 bits per heavy atom. The van der Waals surface area contributed by atoms with Crippen LogP contribution in [-0.2, 0) is 11.2 Å². The van der Waals surface area contributed by atoms with Gasteiger partial charge in [0, 0.05) is 14.1 Å². The Morgan fingerprint density at radius 2 is 2.00 bits per heavy atom. The van der Waals surface area contributed by atoms with Gasteiger partial charge in [-0.25, -0.2) is 0 Å². The highest BCUT2D eigenvalue weighted by molar-refractivity contribution is 6.42. The summed E-state index contributed by atoms with van der Waals surface area (Å²) in [5, 5.41) is 0.974. The van der Waals surface area contributed by atoms with Gasteiger partial charge in [0.1, 0.15) is 0 Å². The molecule has 1 aromatic carbocycles. The number of nitrogens with zero attached hydrogens (tertiary/aromatic N) is 1. The van der Waals surface area contributed by atoms with Crippen molar-refractivity contribution in [1.29, 1.82) is 0 Å². The maximum absolute atomic E-state index is 11.5. The average Bonchev–Trinajstić information content (AvgIpc) is 2.22. The van der Waals surface area contributed by atoms with Crippen molar-refractivity contribution in [1.82, 2.24) is 4.90 Å². The Labute approximate surface area is 105 Å². The summed E-state index contributed by atoms with van der Waals surface area (Å²) < 4.78 is 0. The molecule has 1 amide bonds. The first-order valence-electron chi connectivity index (χ1n) is 4.82. The fraction of sp³-hybridized carbons (Fsp3) is 0.364. The average molecular weight is 261 g/mol. The zero-order chi connectivity index (χ0) is 12.3. The number of carbonyl (C=O) groups is 1. The van der Waals surface area contributed by atoms with Crippen LogP contribution in [0, 0.1) is 0 Å². The summed E-state index contributed by atoms with van der Waals surface area (Å²) in [7, 11) is 3.36. The largest absolute Gasteiger partial charge is 0.347 e. The van der Waals surface area contributed by atoms with Crippen LogP contribution in [0.1, 0.15) is 5.56 Å². The van der Waals surface area contributed by atoms with Crippen molar-refractivity contribution in [3.8, 4) is 0 Å². The fourth-order valence-electron chi connectivity index (χ4n) is 1.34. The molecule has 2 N–H and O–H groups in total. The molecular weight excluding hydrogens is 247 g/mol. The van der Waals surface area contributed by atoms with E-state index < -0.39 is 6.04 Å². The molecule has 1 rings (SSSR count). The normalized spacial score (nSPS) is 12.3. The minimum absolute atomic E-state index is 0.105. The molecule has 5 heteroatoms. The van der Waals surface area contributed by atoms with E-state index in [2.05, 4.69) is 0 Å². The van der Waals surface area contributed by atoms with Crippen LogP contribution >= 0.6 is 23.2 Å². The van der Waals surface area contributed by atoms with Crippen LogP contribution in [0.25, 0.3) is 0 Å². The van der Waals surface area contributed by atoms with E-state index in [1.54, 1.807) is 26.2 Å². The maximum Gasteiger partial charge on any atom is 0.239 e. The summed E-state index contributed by atoms with van der Waals surface area (Å²) in [4.78, 5) is 13.0. The minimum atomic E-state index is -0.549. The van der Waals surface area contributed by atoms with Crippen LogP contribution in [0.2, 0.25) is 10.0 Å². The van der Waals surface area contributed by atoms with E-state index in [0.717, 1.165) is 5.56 Å². The SMILES string of the molecule is CN(C)C(=O)[C@@H](N)Cc1ccc(Cl)c(Cl)c1. The summed E-state index contributed by atoms with van der Waals surface area (Å²) in [5.41, 5.74) is 6.67. The molecule has 0 radical (unpaired) electrons. The van der Waals surface area contributed by atoms with Gasteiger partial charge in [0.05, 0.1) is 16.1 Å². The molecule has 0 bridgehead atoms. The Balaban J connectivity index is 2.73. The zero-order valence-electron chi connectivity index (χ0n) is 9.21. The van der Waals surface area contributed by atoms with E-state index in [-0.39, 0.29) is 5.91 Å². The van der Waals surface area contributed by atoms with Crippen molar-refractivity contribution in [2.45, 2.75) is 12.5 Å². The number of carbonyl (C=O) groups excluding carboxylic acids is 1. The number of likely N-dealkylation sites (N-methyl/N-ethyl adjacent to an activating group) is 1. The van der Waals surface area contributed by atoms with Crippen molar-refractivity contribution in [3.63, 3.8) is 0 Å². The zero-order valence-corrected chi connectivity index (χ0v) is 10.7. The van der Waals surface area contributed by atoms with Gasteiger partial charge in [0.25, 0.3) is 0 Å². The number of amides is 1. The Morgan fingerprint density at radius 1 is 1.38 bits per heavy atom. The summed E-state index contributed by atoms with van der Waals surface area (Å²) in [5.74, 6) is -0.105. The Bertz CT molecular complexity index is 394. The topological polar surface area (TPSA) is 46.3 Å². The van der Waals surface area contributed by atoms with Crippen molar-refractivity contribution < 1.29 is 4.79 Å². The van der Waals surface area contributed by atoms with Crippen molar-refractivity contribution >= 4 is 29.1 Å². The highest BCUT2D eigenvalue weighted by Gasteiger charge is 2.16. The lowest BCUT2D eigenvalue weighted by Crippen LogP contribution is -2.41. The first-order valence-corrected chi connectivity index (χ1v) is 5.58. The van der Waals surface area contributed by atoms with E-state index in [9.17, 15) is 4.79 Å². The summed E-state index contributed by atoms with van der Waals surface area (Å²) in [6.07, 6.45) is 0.452. The lowest BCUT2D eigenvalue weighted by Gasteiger charge is -2.16. The molecule has 0 aromatic heterocycles. The van der Waals surface area contributed by atoms with Gasteiger partial charge in [0.2, 0.25) is 5.91 Å². The molecule has 0 spiro atoms. The van der Waals surface area contributed by atoms with Crippen molar-refractivity contribution in [3.05, 3.63) is 33.8 Å². The van der Waals surface area contributed by atoms with E-state index in [0.29, 0.717) is 16.5 Å². The van der Waals surface area contributed by atoms with Crippen LogP contribution in [0.4, 0.5) is 0 Å². The lowest BCUT2D eigenvalue weighted by atomic mass is 10.1. The predicted molar refractivity (Wildman–Crippen MR) is 66.8 cm³/mol. The first-order chi connectivity index (χ1) is 7.41. The van der Waals surface area contributed by atoms with Gasteiger partial charge in [-0.1, -0.05) is 29.3 Å². The van der Waals surface area contributed by atoms with Gasteiger partial charge in [-0.2, -0.15) is 0 Å². The van der Waals surface area contributed by atoms with Crippen molar-refractivity contribution in [2.75, 3.05) is 14.1 Å². The van der Waals surface area contributed by atoms with E-state index >= 15 is 0 Å². The molecule has 1 aromatic rings. The third-order valence-electron chi connectivity index (χ3n) is 2.20. The molecule has 0 heterocycles. The fourth-order valence-corrected chi connectivity index (χ4v) is 1.66. The number of halogens is 2. The van der Waals surface area contributed by atoms with Gasteiger partial charge >= 0.3 is 0 Å². The maximum atomic E-state index is 11.5. The van der Waals surface area contributed by atoms with E-state index in [4.69, 9.17) is 28.9 Å². The molecule has 0 aliphatic rings. The highest BCUT2D eigenvalue weighted by atomic mass is 35.5. The summed E-state index contributed by atoms with van der Waals surface area (Å²) in [6, 6.07) is 4.70. The third kappa shape index (κ3) is 3.37. The summed E-state index contributed by atoms with van der Waals surface area (Å²) in [6.45, 7) is 0. The second-order valence-electron chi connectivity index (χ2n) is 3.79. The molecule has 88 valence electrons. The monoisotopic (exact) mass is 260 g/mol. The van der Waals surface area contributed by atoms with Crippen molar-refractivity contribution in [2.24, 2.45) is 5.73 Å². The molecule has 0 fully saturated rings. The van der Waals surface area contributed by atoms with Gasteiger partial charge < -0.3 is 10.6 Å². The highest BCUT2D eigenvalue weighted by Crippen LogP contribution is 2.23. The Hall–Kier alpha value is -0.770. The lowest BCUT2D eigenvalue weighted by molar-refractivity contribution is -0.130. The number of hydrogen-bond donors (Lipinski definition) is 1. The standard InChI is InChI=1S/C11H14Cl2N2O/c1-15(2)11(16)10(14)6-7-3-4-8(12)9(13)5-7/h3-5,10H,6,14H2,1-2H3/t10-/m0/s1. The smallest absolute Gasteiger partial charge is 0.239 e. The second kappa shape index (κ2) is 5.53. The minimum Gasteiger partial charge on any atom is -0.347 e. The van der Waals surface area contributed by atoms with Crippen LogP contribution in [-0.4, -0.2) is 30.9 Å². The molecule has 16 heavy (non-hydrogen) atoms. The second-order valence-corrected chi connectivity index (χ2v) is 4.61. The molecule has 0 aliphatic carbocycles. The molecular formula is C11H14Cl2N2O. The quantitative estimate of drug-likeness (QED) is 0.903. The van der Waals surface area contributed by atoms with Gasteiger partial charge in [-0.15, -0.1) is 0 Å². The number of benzene rings is 1. The number of rotatable bonds is 3. The van der Waals surface area contributed by atoms with Crippen LogP contribution in [0.5, 0.6) is 0 Å². The Kier molecular flexibility index (Phi) is 4.59. The van der Waals surface area contributed by atoms with Gasteiger partial charge in [-0.3, -0.25) is 4.79 Å². The van der Waals surface area contributed by atoms with Crippen LogP contribution in [0.3, 0.4) is 0 Å².